The van der Waals surface area contributed by atoms with E-state index < -0.39 is 18.7 Å². The molecule has 2 aromatic carbocycles. The van der Waals surface area contributed by atoms with Crippen LogP contribution >= 0.6 is 0 Å². The van der Waals surface area contributed by atoms with Crippen LogP contribution in [-0.4, -0.2) is 44.0 Å². The van der Waals surface area contributed by atoms with E-state index in [1.165, 1.54) is 33.1 Å². The van der Waals surface area contributed by atoms with E-state index in [2.05, 4.69) is 0 Å². The molecular formula is C22H24O7. The number of ketones is 2. The van der Waals surface area contributed by atoms with Gasteiger partial charge in [0.25, 0.3) is 0 Å². The summed E-state index contributed by atoms with van der Waals surface area (Å²) in [5.74, 6) is 0.131. The summed E-state index contributed by atoms with van der Waals surface area (Å²) in [5, 5.41) is 0. The smallest absolute Gasteiger partial charge is 0.344 e. The first-order valence-electron chi connectivity index (χ1n) is 9.14. The Labute approximate surface area is 169 Å². The van der Waals surface area contributed by atoms with Crippen LogP contribution < -0.4 is 14.2 Å². The highest BCUT2D eigenvalue weighted by molar-refractivity contribution is 6.00. The molecular weight excluding hydrogens is 376 g/mol. The second kappa shape index (κ2) is 10.3. The van der Waals surface area contributed by atoms with Gasteiger partial charge < -0.3 is 18.9 Å². The van der Waals surface area contributed by atoms with E-state index in [1.54, 1.807) is 30.3 Å². The fraction of sp³-hybridized carbons (Fsp3) is 0.318. The van der Waals surface area contributed by atoms with E-state index in [9.17, 15) is 14.4 Å². The van der Waals surface area contributed by atoms with Crippen LogP contribution in [-0.2, 0) is 9.53 Å². The minimum absolute atomic E-state index is 0.115. The molecule has 0 heterocycles. The summed E-state index contributed by atoms with van der Waals surface area (Å²) in [6, 6.07) is 11.3. The van der Waals surface area contributed by atoms with Crippen LogP contribution in [0.3, 0.4) is 0 Å². The van der Waals surface area contributed by atoms with Gasteiger partial charge in [0.1, 0.15) is 5.75 Å². The van der Waals surface area contributed by atoms with Crippen molar-refractivity contribution >= 4 is 17.5 Å². The van der Waals surface area contributed by atoms with Crippen LogP contribution in [0.5, 0.6) is 17.2 Å². The Kier molecular flexibility index (Phi) is 7.77. The second-order valence-electron chi connectivity index (χ2n) is 6.16. The van der Waals surface area contributed by atoms with E-state index in [0.29, 0.717) is 35.0 Å². The molecule has 2 rings (SSSR count). The highest BCUT2D eigenvalue weighted by atomic mass is 16.6. The van der Waals surface area contributed by atoms with Crippen LogP contribution in [0.15, 0.2) is 42.5 Å². The van der Waals surface area contributed by atoms with Crippen molar-refractivity contribution in [2.24, 2.45) is 0 Å². The molecule has 0 fully saturated rings. The van der Waals surface area contributed by atoms with Crippen molar-refractivity contribution in [2.45, 2.75) is 26.9 Å². The van der Waals surface area contributed by atoms with Gasteiger partial charge >= 0.3 is 5.97 Å². The van der Waals surface area contributed by atoms with Gasteiger partial charge in [-0.3, -0.25) is 9.59 Å². The Hall–Kier alpha value is -3.35. The lowest BCUT2D eigenvalue weighted by Crippen LogP contribution is -2.27. The molecule has 0 aromatic heterocycles. The van der Waals surface area contributed by atoms with Crippen LogP contribution in [0.2, 0.25) is 0 Å². The number of hydrogen-bond donors (Lipinski definition) is 0. The normalized spacial score (nSPS) is 11.3. The lowest BCUT2D eigenvalue weighted by Gasteiger charge is -2.14. The van der Waals surface area contributed by atoms with E-state index >= 15 is 0 Å². The first kappa shape index (κ1) is 21.9. The zero-order valence-electron chi connectivity index (χ0n) is 16.9. The van der Waals surface area contributed by atoms with Crippen molar-refractivity contribution < 1.29 is 33.3 Å². The molecule has 29 heavy (non-hydrogen) atoms. The summed E-state index contributed by atoms with van der Waals surface area (Å²) in [6.45, 7) is 4.94. The van der Waals surface area contributed by atoms with Gasteiger partial charge in [0.15, 0.2) is 30.0 Å². The lowest BCUT2D eigenvalue weighted by atomic mass is 10.1. The molecule has 1 atom stereocenters. The predicted molar refractivity (Wildman–Crippen MR) is 106 cm³/mol. The Morgan fingerprint density at radius 3 is 2.17 bits per heavy atom. The second-order valence-corrected chi connectivity index (χ2v) is 6.16. The molecule has 7 heteroatoms. The third kappa shape index (κ3) is 6.07. The van der Waals surface area contributed by atoms with Gasteiger partial charge in [-0.2, -0.15) is 0 Å². The molecule has 0 bridgehead atoms. The maximum Gasteiger partial charge on any atom is 0.344 e. The van der Waals surface area contributed by atoms with Crippen molar-refractivity contribution in [3.8, 4) is 17.2 Å². The van der Waals surface area contributed by atoms with Crippen LogP contribution in [0, 0.1) is 0 Å². The molecule has 0 radical (unpaired) electrons. The number of ether oxygens (including phenoxy) is 4. The van der Waals surface area contributed by atoms with E-state index in [0.717, 1.165) is 0 Å². The van der Waals surface area contributed by atoms with E-state index in [4.69, 9.17) is 18.9 Å². The number of methoxy groups -OCH3 is 1. The number of esters is 1. The Morgan fingerprint density at radius 2 is 1.59 bits per heavy atom. The molecule has 0 amide bonds. The third-order valence-corrected chi connectivity index (χ3v) is 4.04. The molecule has 2 aromatic rings. The largest absolute Gasteiger partial charge is 0.494 e. The molecule has 154 valence electrons. The molecule has 0 saturated heterocycles. The number of carbonyl (C=O) groups is 3. The fourth-order valence-corrected chi connectivity index (χ4v) is 2.54. The zero-order valence-corrected chi connectivity index (χ0v) is 16.9. The molecule has 0 spiro atoms. The van der Waals surface area contributed by atoms with Gasteiger partial charge in [-0.15, -0.1) is 0 Å². The van der Waals surface area contributed by atoms with Crippen LogP contribution in [0.25, 0.3) is 0 Å². The van der Waals surface area contributed by atoms with Crippen molar-refractivity contribution in [3.63, 3.8) is 0 Å². The van der Waals surface area contributed by atoms with Crippen molar-refractivity contribution in [2.75, 3.05) is 20.3 Å². The van der Waals surface area contributed by atoms with Gasteiger partial charge in [-0.25, -0.2) is 4.79 Å². The lowest BCUT2D eigenvalue weighted by molar-refractivity contribution is -0.148. The number of carbonyl (C=O) groups excluding carboxylic acids is 3. The third-order valence-electron chi connectivity index (χ3n) is 4.04. The zero-order chi connectivity index (χ0) is 21.4. The summed E-state index contributed by atoms with van der Waals surface area (Å²) in [5.41, 5.74) is 0.877. The molecule has 0 aliphatic rings. The fourth-order valence-electron chi connectivity index (χ4n) is 2.54. The van der Waals surface area contributed by atoms with E-state index in [1.807, 2.05) is 6.92 Å². The molecule has 0 aliphatic carbocycles. The van der Waals surface area contributed by atoms with Gasteiger partial charge in [-0.1, -0.05) is 0 Å². The van der Waals surface area contributed by atoms with Crippen LogP contribution in [0.1, 0.15) is 41.5 Å². The molecule has 0 unspecified atom stereocenters. The van der Waals surface area contributed by atoms with Gasteiger partial charge in [-0.05, 0) is 63.2 Å². The average molecular weight is 400 g/mol. The molecule has 0 aliphatic heterocycles. The summed E-state index contributed by atoms with van der Waals surface area (Å²) in [4.78, 5) is 35.9. The topological polar surface area (TPSA) is 88.1 Å². The highest BCUT2D eigenvalue weighted by Gasteiger charge is 2.20. The molecule has 7 nitrogen and oxygen atoms in total. The van der Waals surface area contributed by atoms with Crippen molar-refractivity contribution in [1.82, 2.24) is 0 Å². The van der Waals surface area contributed by atoms with Gasteiger partial charge in [0.05, 0.1) is 13.7 Å². The first-order chi connectivity index (χ1) is 13.8. The van der Waals surface area contributed by atoms with Gasteiger partial charge in [0, 0.05) is 11.1 Å². The number of hydrogen-bond acceptors (Lipinski definition) is 7. The van der Waals surface area contributed by atoms with Crippen molar-refractivity contribution in [3.05, 3.63) is 53.6 Å². The standard InChI is InChI=1S/C22H24O7/c1-5-27-18-9-6-16(7-10-18)22(25)15(3)29-21(24)13-28-19-11-8-17(14(2)23)12-20(19)26-4/h6-12,15H,5,13H2,1-4H3/t15-/m1/s1. The Bertz CT molecular complexity index is 871. The molecule has 0 N–H and O–H groups in total. The van der Waals surface area contributed by atoms with Crippen molar-refractivity contribution in [1.29, 1.82) is 0 Å². The number of rotatable bonds is 10. The van der Waals surface area contributed by atoms with Gasteiger partial charge in [0.2, 0.25) is 5.78 Å². The molecule has 0 saturated carbocycles. The number of benzene rings is 2. The summed E-state index contributed by atoms with van der Waals surface area (Å²) >= 11 is 0. The number of Topliss-reactive ketones (excluding diaryl/α,β-unsaturated/α-hetero) is 2. The van der Waals surface area contributed by atoms with E-state index in [-0.39, 0.29) is 11.6 Å². The highest BCUT2D eigenvalue weighted by Crippen LogP contribution is 2.28. The Balaban J connectivity index is 1.93. The maximum atomic E-state index is 12.4. The summed E-state index contributed by atoms with van der Waals surface area (Å²) in [7, 11) is 1.43. The first-order valence-corrected chi connectivity index (χ1v) is 9.14. The quantitative estimate of drug-likeness (QED) is 0.445. The monoisotopic (exact) mass is 400 g/mol. The summed E-state index contributed by atoms with van der Waals surface area (Å²) in [6.07, 6.45) is -0.967. The predicted octanol–water partition coefficient (Wildman–Crippen LogP) is 3.49. The maximum absolute atomic E-state index is 12.4. The minimum atomic E-state index is -0.967. The SMILES string of the molecule is CCOc1ccc(C(=O)[C@@H](C)OC(=O)COc2ccc(C(C)=O)cc2OC)cc1. The Morgan fingerprint density at radius 1 is 0.931 bits per heavy atom. The average Bonchev–Trinajstić information content (AvgIpc) is 2.72. The summed E-state index contributed by atoms with van der Waals surface area (Å²) < 4.78 is 21.1. The minimum Gasteiger partial charge on any atom is -0.494 e. The van der Waals surface area contributed by atoms with Crippen LogP contribution in [0.4, 0.5) is 0 Å².